The van der Waals surface area contributed by atoms with Crippen LogP contribution in [0, 0.1) is 0 Å². The van der Waals surface area contributed by atoms with Gasteiger partial charge in [-0.15, -0.1) is 0 Å². The standard InChI is InChI=1S/C15H18BrN3/c1-3-18-14-8-15(10-17-9-14)19-11(2)12-5-4-6-13(16)7-12/h4-11,18-19H,3H2,1-2H3. The van der Waals surface area contributed by atoms with Gasteiger partial charge in [0.05, 0.1) is 23.8 Å². The van der Waals surface area contributed by atoms with Crippen LogP contribution in [-0.2, 0) is 0 Å². The lowest BCUT2D eigenvalue weighted by atomic mass is 10.1. The molecule has 2 N–H and O–H groups in total. The highest BCUT2D eigenvalue weighted by Crippen LogP contribution is 2.22. The fraction of sp³-hybridized carbons (Fsp3) is 0.267. The van der Waals surface area contributed by atoms with E-state index in [-0.39, 0.29) is 6.04 Å². The van der Waals surface area contributed by atoms with E-state index in [9.17, 15) is 0 Å². The molecule has 0 amide bonds. The van der Waals surface area contributed by atoms with Crippen LogP contribution >= 0.6 is 15.9 Å². The van der Waals surface area contributed by atoms with Gasteiger partial charge in [0, 0.05) is 17.1 Å². The lowest BCUT2D eigenvalue weighted by molar-refractivity contribution is 0.882. The van der Waals surface area contributed by atoms with Crippen molar-refractivity contribution in [2.45, 2.75) is 19.9 Å². The zero-order chi connectivity index (χ0) is 13.7. The Hall–Kier alpha value is -1.55. The first-order valence-corrected chi connectivity index (χ1v) is 7.19. The molecule has 19 heavy (non-hydrogen) atoms. The van der Waals surface area contributed by atoms with Crippen LogP contribution in [0.25, 0.3) is 0 Å². The van der Waals surface area contributed by atoms with Gasteiger partial charge in [0.1, 0.15) is 0 Å². The average molecular weight is 320 g/mol. The van der Waals surface area contributed by atoms with Gasteiger partial charge in [0.25, 0.3) is 0 Å². The SMILES string of the molecule is CCNc1cncc(NC(C)c2cccc(Br)c2)c1. The van der Waals surface area contributed by atoms with Crippen molar-refractivity contribution in [1.82, 2.24) is 4.98 Å². The summed E-state index contributed by atoms with van der Waals surface area (Å²) in [7, 11) is 0. The number of benzene rings is 1. The Morgan fingerprint density at radius 2 is 2.00 bits per heavy atom. The van der Waals surface area contributed by atoms with Crippen molar-refractivity contribution in [2.75, 3.05) is 17.2 Å². The summed E-state index contributed by atoms with van der Waals surface area (Å²) in [5.74, 6) is 0. The largest absolute Gasteiger partial charge is 0.384 e. The van der Waals surface area contributed by atoms with E-state index in [1.807, 2.05) is 24.5 Å². The molecule has 0 aliphatic rings. The number of anilines is 2. The van der Waals surface area contributed by atoms with E-state index >= 15 is 0 Å². The number of halogens is 1. The molecule has 0 radical (unpaired) electrons. The molecule has 1 heterocycles. The highest BCUT2D eigenvalue weighted by molar-refractivity contribution is 9.10. The fourth-order valence-electron chi connectivity index (χ4n) is 1.93. The maximum atomic E-state index is 4.23. The van der Waals surface area contributed by atoms with Crippen molar-refractivity contribution in [1.29, 1.82) is 0 Å². The molecule has 100 valence electrons. The summed E-state index contributed by atoms with van der Waals surface area (Å²) in [4.78, 5) is 4.23. The molecule has 1 unspecified atom stereocenters. The van der Waals surface area contributed by atoms with E-state index in [1.54, 1.807) is 0 Å². The molecule has 0 bridgehead atoms. The second-order valence-electron chi connectivity index (χ2n) is 4.41. The van der Waals surface area contributed by atoms with Crippen LogP contribution in [0.3, 0.4) is 0 Å². The molecule has 0 fully saturated rings. The van der Waals surface area contributed by atoms with Crippen LogP contribution in [0.4, 0.5) is 11.4 Å². The van der Waals surface area contributed by atoms with Gasteiger partial charge in [0.2, 0.25) is 0 Å². The molecule has 0 spiro atoms. The van der Waals surface area contributed by atoms with E-state index in [0.29, 0.717) is 0 Å². The maximum Gasteiger partial charge on any atom is 0.0552 e. The smallest absolute Gasteiger partial charge is 0.0552 e. The van der Waals surface area contributed by atoms with Gasteiger partial charge in [-0.1, -0.05) is 28.1 Å². The highest BCUT2D eigenvalue weighted by Gasteiger charge is 2.06. The molecule has 2 aromatic rings. The highest BCUT2D eigenvalue weighted by atomic mass is 79.9. The number of nitrogens with one attached hydrogen (secondary N) is 2. The van der Waals surface area contributed by atoms with E-state index in [0.717, 1.165) is 22.4 Å². The zero-order valence-corrected chi connectivity index (χ0v) is 12.7. The summed E-state index contributed by atoms with van der Waals surface area (Å²) in [6.07, 6.45) is 3.67. The molecule has 1 aromatic heterocycles. The zero-order valence-electron chi connectivity index (χ0n) is 11.2. The van der Waals surface area contributed by atoms with E-state index in [4.69, 9.17) is 0 Å². The summed E-state index contributed by atoms with van der Waals surface area (Å²) in [6.45, 7) is 5.11. The van der Waals surface area contributed by atoms with Crippen molar-refractivity contribution in [3.63, 3.8) is 0 Å². The Balaban J connectivity index is 2.10. The maximum absolute atomic E-state index is 4.23. The van der Waals surface area contributed by atoms with Crippen LogP contribution in [0.1, 0.15) is 25.5 Å². The molecule has 0 saturated heterocycles. The third-order valence-electron chi connectivity index (χ3n) is 2.85. The topological polar surface area (TPSA) is 37.0 Å². The molecule has 1 atom stereocenters. The van der Waals surface area contributed by atoms with Gasteiger partial charge >= 0.3 is 0 Å². The predicted molar refractivity (Wildman–Crippen MR) is 84.6 cm³/mol. The lowest BCUT2D eigenvalue weighted by Gasteiger charge is -2.16. The van der Waals surface area contributed by atoms with Crippen molar-refractivity contribution in [3.05, 3.63) is 52.8 Å². The van der Waals surface area contributed by atoms with Crippen molar-refractivity contribution < 1.29 is 0 Å². The third-order valence-corrected chi connectivity index (χ3v) is 3.34. The fourth-order valence-corrected chi connectivity index (χ4v) is 2.35. The lowest BCUT2D eigenvalue weighted by Crippen LogP contribution is -2.07. The summed E-state index contributed by atoms with van der Waals surface area (Å²) in [5.41, 5.74) is 3.29. The number of hydrogen-bond acceptors (Lipinski definition) is 3. The monoisotopic (exact) mass is 319 g/mol. The van der Waals surface area contributed by atoms with Crippen LogP contribution in [0.15, 0.2) is 47.2 Å². The summed E-state index contributed by atoms with van der Waals surface area (Å²) in [5, 5.41) is 6.72. The normalized spacial score (nSPS) is 11.9. The van der Waals surface area contributed by atoms with Crippen molar-refractivity contribution in [2.24, 2.45) is 0 Å². The Morgan fingerprint density at radius 1 is 1.21 bits per heavy atom. The third kappa shape index (κ3) is 3.96. The van der Waals surface area contributed by atoms with Crippen molar-refractivity contribution >= 4 is 27.3 Å². The molecule has 4 heteroatoms. The first kappa shape index (κ1) is 13.9. The van der Waals surface area contributed by atoms with Gasteiger partial charge in [-0.25, -0.2) is 0 Å². The van der Waals surface area contributed by atoms with Gasteiger partial charge in [0.15, 0.2) is 0 Å². The first-order valence-electron chi connectivity index (χ1n) is 6.40. The molecule has 1 aromatic carbocycles. The summed E-state index contributed by atoms with van der Waals surface area (Å²) < 4.78 is 1.10. The first-order chi connectivity index (χ1) is 9.19. The number of nitrogens with zero attached hydrogens (tertiary/aromatic N) is 1. The molecule has 3 nitrogen and oxygen atoms in total. The minimum absolute atomic E-state index is 0.233. The predicted octanol–water partition coefficient (Wildman–Crippen LogP) is 4.45. The second-order valence-corrected chi connectivity index (χ2v) is 5.33. The Labute approximate surface area is 122 Å². The Bertz CT molecular complexity index is 542. The molecular formula is C15H18BrN3. The molecule has 2 rings (SSSR count). The number of rotatable bonds is 5. The summed E-state index contributed by atoms with van der Waals surface area (Å²) in [6, 6.07) is 10.6. The quantitative estimate of drug-likeness (QED) is 0.855. The number of aromatic nitrogens is 1. The number of pyridine rings is 1. The second kappa shape index (κ2) is 6.57. The van der Waals surface area contributed by atoms with Gasteiger partial charge in [-0.05, 0) is 37.6 Å². The number of hydrogen-bond donors (Lipinski definition) is 2. The minimum Gasteiger partial charge on any atom is -0.384 e. The molecule has 0 aliphatic heterocycles. The van der Waals surface area contributed by atoms with Gasteiger partial charge in [-0.3, -0.25) is 4.98 Å². The van der Waals surface area contributed by atoms with Gasteiger partial charge < -0.3 is 10.6 Å². The van der Waals surface area contributed by atoms with Crippen LogP contribution in [0.5, 0.6) is 0 Å². The molecular weight excluding hydrogens is 302 g/mol. The van der Waals surface area contributed by atoms with Crippen LogP contribution in [-0.4, -0.2) is 11.5 Å². The Morgan fingerprint density at radius 3 is 2.74 bits per heavy atom. The van der Waals surface area contributed by atoms with E-state index in [2.05, 4.69) is 63.6 Å². The van der Waals surface area contributed by atoms with Crippen LogP contribution < -0.4 is 10.6 Å². The van der Waals surface area contributed by atoms with Gasteiger partial charge in [-0.2, -0.15) is 0 Å². The van der Waals surface area contributed by atoms with Crippen LogP contribution in [0.2, 0.25) is 0 Å². The van der Waals surface area contributed by atoms with E-state index in [1.165, 1.54) is 5.56 Å². The Kier molecular flexibility index (Phi) is 4.80. The minimum atomic E-state index is 0.233. The van der Waals surface area contributed by atoms with E-state index < -0.39 is 0 Å². The summed E-state index contributed by atoms with van der Waals surface area (Å²) >= 11 is 3.50. The molecule has 0 aliphatic carbocycles. The van der Waals surface area contributed by atoms with Crippen molar-refractivity contribution in [3.8, 4) is 0 Å². The average Bonchev–Trinajstić information content (AvgIpc) is 2.39. The molecule has 0 saturated carbocycles.